The molecule has 0 bridgehead atoms. The Morgan fingerprint density at radius 3 is 2.90 bits per heavy atom. The van der Waals surface area contributed by atoms with E-state index in [1.54, 1.807) is 11.3 Å². The minimum absolute atomic E-state index is 0.181. The summed E-state index contributed by atoms with van der Waals surface area (Å²) in [4.78, 5) is 18.7. The van der Waals surface area contributed by atoms with Gasteiger partial charge in [-0.3, -0.25) is 4.79 Å². The van der Waals surface area contributed by atoms with Crippen molar-refractivity contribution in [3.05, 3.63) is 23.2 Å². The lowest BCUT2D eigenvalue weighted by atomic mass is 10.2. The van der Waals surface area contributed by atoms with Crippen molar-refractivity contribution in [3.8, 4) is 0 Å². The van der Waals surface area contributed by atoms with Crippen LogP contribution in [0.1, 0.15) is 24.8 Å². The number of hydrogen-bond acceptors (Lipinski definition) is 4. The van der Waals surface area contributed by atoms with Crippen molar-refractivity contribution in [1.82, 2.24) is 9.88 Å². The van der Waals surface area contributed by atoms with Gasteiger partial charge in [-0.05, 0) is 44.9 Å². The molecule has 0 saturated carbocycles. The van der Waals surface area contributed by atoms with Crippen molar-refractivity contribution >= 4 is 33.1 Å². The van der Waals surface area contributed by atoms with Gasteiger partial charge in [0.1, 0.15) is 6.04 Å². The maximum atomic E-state index is 12.3. The number of rotatable bonds is 3. The number of aromatic nitrogens is 1. The maximum Gasteiger partial charge on any atom is 0.244 e. The van der Waals surface area contributed by atoms with Crippen LogP contribution in [0.4, 0.5) is 5.69 Å². The van der Waals surface area contributed by atoms with Crippen LogP contribution in [0.25, 0.3) is 10.2 Å². The Balaban J connectivity index is 1.72. The summed E-state index contributed by atoms with van der Waals surface area (Å²) in [6, 6.07) is 5.90. The smallest absolute Gasteiger partial charge is 0.244 e. The van der Waals surface area contributed by atoms with E-state index < -0.39 is 0 Å². The number of thiazole rings is 1. The van der Waals surface area contributed by atoms with E-state index in [1.165, 1.54) is 0 Å². The van der Waals surface area contributed by atoms with Crippen molar-refractivity contribution in [2.45, 2.75) is 32.7 Å². The number of carbonyl (C=O) groups excluding carboxylic acids is 1. The van der Waals surface area contributed by atoms with Gasteiger partial charge in [0.15, 0.2) is 0 Å². The van der Waals surface area contributed by atoms with Gasteiger partial charge in [0.05, 0.1) is 15.2 Å². The fourth-order valence-electron chi connectivity index (χ4n) is 2.65. The Labute approximate surface area is 122 Å². The van der Waals surface area contributed by atoms with Gasteiger partial charge in [0.25, 0.3) is 0 Å². The highest BCUT2D eigenvalue weighted by Gasteiger charge is 2.23. The van der Waals surface area contributed by atoms with Crippen LogP contribution in [0.3, 0.4) is 0 Å². The molecule has 0 unspecified atom stereocenters. The first-order valence-corrected chi connectivity index (χ1v) is 7.87. The van der Waals surface area contributed by atoms with E-state index in [0.29, 0.717) is 0 Å². The van der Waals surface area contributed by atoms with Crippen molar-refractivity contribution in [1.29, 1.82) is 0 Å². The van der Waals surface area contributed by atoms with Crippen molar-refractivity contribution in [3.63, 3.8) is 0 Å². The number of hydrogen-bond donors (Lipinski definition) is 1. The number of anilines is 1. The molecule has 3 rings (SSSR count). The summed E-state index contributed by atoms with van der Waals surface area (Å²) in [5.74, 6) is 0.197. The molecule has 0 aliphatic carbocycles. The number of carbonyl (C=O) groups is 1. The number of likely N-dealkylation sites (tertiary alicyclic amines) is 1. The lowest BCUT2D eigenvalue weighted by molar-refractivity contribution is -0.130. The molecule has 2 aromatic rings. The lowest BCUT2D eigenvalue weighted by Gasteiger charge is -2.21. The first kappa shape index (κ1) is 13.4. The van der Waals surface area contributed by atoms with E-state index in [9.17, 15) is 4.79 Å². The molecular formula is C15H19N3OS. The molecule has 1 amide bonds. The van der Waals surface area contributed by atoms with E-state index in [-0.39, 0.29) is 11.9 Å². The van der Waals surface area contributed by atoms with E-state index in [4.69, 9.17) is 0 Å². The molecule has 1 N–H and O–H groups in total. The van der Waals surface area contributed by atoms with Gasteiger partial charge < -0.3 is 10.2 Å². The van der Waals surface area contributed by atoms with Gasteiger partial charge in [0, 0.05) is 18.8 Å². The minimum atomic E-state index is -0.181. The van der Waals surface area contributed by atoms with Crippen LogP contribution in [-0.2, 0) is 4.79 Å². The van der Waals surface area contributed by atoms with Crippen molar-refractivity contribution in [2.75, 3.05) is 18.4 Å². The second kappa shape index (κ2) is 5.40. The Morgan fingerprint density at radius 2 is 2.15 bits per heavy atom. The zero-order valence-corrected chi connectivity index (χ0v) is 12.7. The molecule has 0 radical (unpaired) electrons. The molecule has 2 heterocycles. The van der Waals surface area contributed by atoms with Crippen LogP contribution in [0.15, 0.2) is 18.2 Å². The molecule has 1 fully saturated rings. The Hall–Kier alpha value is -1.62. The molecule has 1 atom stereocenters. The molecule has 20 heavy (non-hydrogen) atoms. The zero-order valence-electron chi connectivity index (χ0n) is 11.8. The summed E-state index contributed by atoms with van der Waals surface area (Å²) in [7, 11) is 0. The summed E-state index contributed by atoms with van der Waals surface area (Å²) < 4.78 is 1.16. The third-order valence-electron chi connectivity index (χ3n) is 3.67. The molecule has 0 spiro atoms. The number of benzene rings is 1. The van der Waals surface area contributed by atoms with E-state index in [0.717, 1.165) is 46.8 Å². The number of nitrogens with zero attached hydrogens (tertiary/aromatic N) is 2. The summed E-state index contributed by atoms with van der Waals surface area (Å²) >= 11 is 1.68. The number of fused-ring (bicyclic) bond motifs is 1. The van der Waals surface area contributed by atoms with Gasteiger partial charge in [-0.1, -0.05) is 0 Å². The largest absolute Gasteiger partial charge is 0.374 e. The van der Waals surface area contributed by atoms with E-state index in [2.05, 4.69) is 16.4 Å². The fourth-order valence-corrected chi connectivity index (χ4v) is 3.52. The second-order valence-electron chi connectivity index (χ2n) is 5.31. The van der Waals surface area contributed by atoms with Crippen LogP contribution >= 0.6 is 11.3 Å². The van der Waals surface area contributed by atoms with Crippen molar-refractivity contribution < 1.29 is 4.79 Å². The van der Waals surface area contributed by atoms with E-state index >= 15 is 0 Å². The molecule has 4 nitrogen and oxygen atoms in total. The average Bonchev–Trinajstić information content (AvgIpc) is 3.05. The lowest BCUT2D eigenvalue weighted by Crippen LogP contribution is -2.39. The highest BCUT2D eigenvalue weighted by molar-refractivity contribution is 7.18. The van der Waals surface area contributed by atoms with Crippen LogP contribution in [0.2, 0.25) is 0 Å². The number of amides is 1. The number of aryl methyl sites for hydroxylation is 1. The molecule has 5 heteroatoms. The van der Waals surface area contributed by atoms with Gasteiger partial charge in [-0.2, -0.15) is 0 Å². The number of nitrogens with one attached hydrogen (secondary N) is 1. The molecular weight excluding hydrogens is 270 g/mol. The molecule has 106 valence electrons. The molecule has 1 aliphatic heterocycles. The quantitative estimate of drug-likeness (QED) is 0.944. The van der Waals surface area contributed by atoms with Gasteiger partial charge in [-0.15, -0.1) is 11.3 Å². The third-order valence-corrected chi connectivity index (χ3v) is 4.60. The minimum Gasteiger partial charge on any atom is -0.374 e. The molecule has 1 saturated heterocycles. The van der Waals surface area contributed by atoms with Crippen LogP contribution in [-0.4, -0.2) is 34.9 Å². The predicted octanol–water partition coefficient (Wildman–Crippen LogP) is 3.03. The van der Waals surface area contributed by atoms with Crippen LogP contribution in [0.5, 0.6) is 0 Å². The molecule has 1 aromatic heterocycles. The Morgan fingerprint density at radius 1 is 1.40 bits per heavy atom. The summed E-state index contributed by atoms with van der Waals surface area (Å²) in [6.45, 7) is 5.75. The Kier molecular flexibility index (Phi) is 3.61. The van der Waals surface area contributed by atoms with Crippen LogP contribution in [0, 0.1) is 6.92 Å². The van der Waals surface area contributed by atoms with E-state index in [1.807, 2.05) is 30.9 Å². The van der Waals surface area contributed by atoms with Gasteiger partial charge in [-0.25, -0.2) is 4.98 Å². The first-order chi connectivity index (χ1) is 9.63. The SMILES string of the molecule is Cc1nc2ccc(N[C@H](C)C(=O)N3CCCC3)cc2s1. The molecule has 1 aromatic carbocycles. The third kappa shape index (κ3) is 2.63. The standard InChI is InChI=1S/C15H19N3OS/c1-10(15(19)18-7-3-4-8-18)16-12-5-6-13-14(9-12)20-11(2)17-13/h5-6,9-10,16H,3-4,7-8H2,1-2H3/t10-/m1/s1. The highest BCUT2D eigenvalue weighted by atomic mass is 32.1. The first-order valence-electron chi connectivity index (χ1n) is 7.06. The monoisotopic (exact) mass is 289 g/mol. The topological polar surface area (TPSA) is 45.2 Å². The predicted molar refractivity (Wildman–Crippen MR) is 83.3 cm³/mol. The van der Waals surface area contributed by atoms with Gasteiger partial charge in [0.2, 0.25) is 5.91 Å². The zero-order chi connectivity index (χ0) is 14.1. The Bertz CT molecular complexity index is 631. The van der Waals surface area contributed by atoms with Gasteiger partial charge >= 0.3 is 0 Å². The van der Waals surface area contributed by atoms with Crippen molar-refractivity contribution in [2.24, 2.45) is 0 Å². The summed E-state index contributed by atoms with van der Waals surface area (Å²) in [6.07, 6.45) is 2.26. The second-order valence-corrected chi connectivity index (χ2v) is 6.55. The summed E-state index contributed by atoms with van der Waals surface area (Å²) in [5, 5.41) is 4.38. The average molecular weight is 289 g/mol. The normalized spacial score (nSPS) is 16.6. The fraction of sp³-hybridized carbons (Fsp3) is 0.467. The summed E-state index contributed by atoms with van der Waals surface area (Å²) in [5.41, 5.74) is 2.01. The molecule has 1 aliphatic rings. The van der Waals surface area contributed by atoms with Crippen LogP contribution < -0.4 is 5.32 Å². The highest BCUT2D eigenvalue weighted by Crippen LogP contribution is 2.25. The maximum absolute atomic E-state index is 12.3.